The van der Waals surface area contributed by atoms with Crippen LogP contribution in [-0.4, -0.2) is 22.4 Å². The summed E-state index contributed by atoms with van der Waals surface area (Å²) in [7, 11) is 1.50. The molecule has 0 radical (unpaired) electrons. The Labute approximate surface area is 127 Å². The fourth-order valence-electron chi connectivity index (χ4n) is 1.70. The number of ether oxygens (including phenoxy) is 2. The minimum Gasteiger partial charge on any atom is -0.493 e. The maximum Gasteiger partial charge on any atom is 0.264 e. The second kappa shape index (κ2) is 6.78. The smallest absolute Gasteiger partial charge is 0.264 e. The lowest BCUT2D eigenvalue weighted by Gasteiger charge is -2.12. The third-order valence-electron chi connectivity index (χ3n) is 2.81. The van der Waals surface area contributed by atoms with Crippen LogP contribution < -0.4 is 9.47 Å². The first-order valence-electron chi connectivity index (χ1n) is 6.47. The van der Waals surface area contributed by atoms with Crippen molar-refractivity contribution in [3.63, 3.8) is 0 Å². The molecule has 0 saturated heterocycles. The number of nitrogens with zero attached hydrogens (tertiary/aromatic N) is 2. The molecule has 6 nitrogen and oxygen atoms in total. The maximum absolute atomic E-state index is 9.15. The van der Waals surface area contributed by atoms with Crippen LogP contribution in [-0.2, 0) is 13.2 Å². The van der Waals surface area contributed by atoms with Gasteiger partial charge in [-0.25, -0.2) is 0 Å². The number of aromatic nitrogens is 2. The van der Waals surface area contributed by atoms with Gasteiger partial charge in [-0.3, -0.25) is 0 Å². The van der Waals surface area contributed by atoms with Crippen molar-refractivity contribution in [3.05, 3.63) is 34.4 Å². The van der Waals surface area contributed by atoms with Gasteiger partial charge in [0.25, 0.3) is 5.89 Å². The zero-order chi connectivity index (χ0) is 15.4. The predicted octanol–water partition coefficient (Wildman–Crippen LogP) is 2.93. The van der Waals surface area contributed by atoms with Gasteiger partial charge in [-0.2, -0.15) is 4.98 Å². The van der Waals surface area contributed by atoms with Crippen molar-refractivity contribution >= 4 is 11.6 Å². The molecule has 0 spiro atoms. The number of aliphatic hydroxyl groups is 1. The zero-order valence-electron chi connectivity index (χ0n) is 12.1. The van der Waals surface area contributed by atoms with Crippen molar-refractivity contribution in [3.8, 4) is 11.5 Å². The van der Waals surface area contributed by atoms with E-state index in [9.17, 15) is 0 Å². The van der Waals surface area contributed by atoms with Gasteiger partial charge >= 0.3 is 0 Å². The quantitative estimate of drug-likeness (QED) is 0.883. The van der Waals surface area contributed by atoms with E-state index in [4.69, 9.17) is 30.7 Å². The van der Waals surface area contributed by atoms with Crippen LogP contribution in [0.1, 0.15) is 37.0 Å². The normalized spacial score (nSPS) is 11.0. The summed E-state index contributed by atoms with van der Waals surface area (Å²) in [5.41, 5.74) is 0.643. The molecule has 1 aromatic heterocycles. The van der Waals surface area contributed by atoms with E-state index in [1.54, 1.807) is 12.1 Å². The third-order valence-corrected chi connectivity index (χ3v) is 3.09. The van der Waals surface area contributed by atoms with E-state index in [0.29, 0.717) is 33.8 Å². The highest BCUT2D eigenvalue weighted by atomic mass is 35.5. The van der Waals surface area contributed by atoms with E-state index in [2.05, 4.69) is 10.1 Å². The highest BCUT2D eigenvalue weighted by Crippen LogP contribution is 2.36. The number of rotatable bonds is 6. The molecule has 0 fully saturated rings. The molecule has 2 rings (SSSR count). The molecule has 7 heteroatoms. The van der Waals surface area contributed by atoms with Gasteiger partial charge in [-0.1, -0.05) is 30.6 Å². The molecule has 0 unspecified atom stereocenters. The van der Waals surface area contributed by atoms with E-state index in [1.165, 1.54) is 7.11 Å². The molecular weight excluding hydrogens is 296 g/mol. The van der Waals surface area contributed by atoms with Crippen molar-refractivity contribution in [2.45, 2.75) is 33.0 Å². The Morgan fingerprint density at radius 3 is 2.71 bits per heavy atom. The second-order valence-electron chi connectivity index (χ2n) is 4.76. The Bertz CT molecular complexity index is 613. The zero-order valence-corrected chi connectivity index (χ0v) is 12.8. The summed E-state index contributed by atoms with van der Waals surface area (Å²) >= 11 is 6.13. The highest BCUT2D eigenvalue weighted by molar-refractivity contribution is 6.32. The van der Waals surface area contributed by atoms with Crippen molar-refractivity contribution in [1.82, 2.24) is 10.1 Å². The van der Waals surface area contributed by atoms with E-state index in [1.807, 2.05) is 13.8 Å². The van der Waals surface area contributed by atoms with Crippen LogP contribution in [0.2, 0.25) is 5.02 Å². The maximum atomic E-state index is 9.15. The first-order valence-corrected chi connectivity index (χ1v) is 6.85. The van der Waals surface area contributed by atoms with Crippen LogP contribution in [0.5, 0.6) is 11.5 Å². The van der Waals surface area contributed by atoms with Gasteiger partial charge in [0.1, 0.15) is 0 Å². The predicted molar refractivity (Wildman–Crippen MR) is 76.6 cm³/mol. The summed E-state index contributed by atoms with van der Waals surface area (Å²) in [6, 6.07) is 3.28. The van der Waals surface area contributed by atoms with E-state index in [-0.39, 0.29) is 19.1 Å². The van der Waals surface area contributed by atoms with Crippen molar-refractivity contribution in [2.75, 3.05) is 7.11 Å². The van der Waals surface area contributed by atoms with Gasteiger partial charge in [0.05, 0.1) is 18.7 Å². The Hall–Kier alpha value is -1.79. The molecule has 0 aliphatic carbocycles. The lowest BCUT2D eigenvalue weighted by atomic mass is 10.2. The van der Waals surface area contributed by atoms with Crippen molar-refractivity contribution in [2.24, 2.45) is 0 Å². The van der Waals surface area contributed by atoms with Crippen LogP contribution in [0.25, 0.3) is 0 Å². The lowest BCUT2D eigenvalue weighted by molar-refractivity contribution is 0.232. The number of halogens is 1. The summed E-state index contributed by atoms with van der Waals surface area (Å²) in [6.07, 6.45) is 0. The topological polar surface area (TPSA) is 77.6 Å². The second-order valence-corrected chi connectivity index (χ2v) is 5.16. The first-order chi connectivity index (χ1) is 10.0. The SMILES string of the molecule is COc1cc(CO)cc(Cl)c1OCc1nc(C(C)C)no1. The molecule has 1 N–H and O–H groups in total. The Morgan fingerprint density at radius 2 is 2.14 bits per heavy atom. The average Bonchev–Trinajstić information content (AvgIpc) is 2.94. The number of benzene rings is 1. The fourth-order valence-corrected chi connectivity index (χ4v) is 1.99. The molecule has 1 aromatic carbocycles. The molecule has 0 bridgehead atoms. The average molecular weight is 313 g/mol. The van der Waals surface area contributed by atoms with Gasteiger partial charge < -0.3 is 19.1 Å². The van der Waals surface area contributed by atoms with E-state index < -0.39 is 0 Å². The largest absolute Gasteiger partial charge is 0.493 e. The number of methoxy groups -OCH3 is 1. The van der Waals surface area contributed by atoms with Crippen LogP contribution in [0.15, 0.2) is 16.7 Å². The molecule has 114 valence electrons. The molecule has 0 aliphatic heterocycles. The molecular formula is C14H17ClN2O4. The van der Waals surface area contributed by atoms with E-state index in [0.717, 1.165) is 0 Å². The molecule has 0 atom stereocenters. The Balaban J connectivity index is 2.15. The van der Waals surface area contributed by atoms with Gasteiger partial charge in [-0.15, -0.1) is 0 Å². The van der Waals surface area contributed by atoms with Crippen LogP contribution >= 0.6 is 11.6 Å². The Kier molecular flexibility index (Phi) is 5.03. The summed E-state index contributed by atoms with van der Waals surface area (Å²) in [6.45, 7) is 3.91. The summed E-state index contributed by atoms with van der Waals surface area (Å²) in [5.74, 6) is 1.99. The van der Waals surface area contributed by atoms with Gasteiger partial charge in [0.2, 0.25) is 0 Å². The molecule has 0 aliphatic rings. The monoisotopic (exact) mass is 312 g/mol. The molecule has 2 aromatic rings. The molecule has 0 saturated carbocycles. The van der Waals surface area contributed by atoms with Gasteiger partial charge in [0, 0.05) is 5.92 Å². The summed E-state index contributed by atoms with van der Waals surface area (Å²) < 4.78 is 15.9. The third kappa shape index (κ3) is 3.65. The van der Waals surface area contributed by atoms with E-state index >= 15 is 0 Å². The number of hydrogen-bond acceptors (Lipinski definition) is 6. The number of aliphatic hydroxyl groups excluding tert-OH is 1. The molecule has 0 amide bonds. The minimum atomic E-state index is -0.127. The van der Waals surface area contributed by atoms with Gasteiger partial charge in [0.15, 0.2) is 23.9 Å². The fraction of sp³-hybridized carbons (Fsp3) is 0.429. The van der Waals surface area contributed by atoms with Crippen LogP contribution in [0.4, 0.5) is 0 Å². The molecule has 21 heavy (non-hydrogen) atoms. The lowest BCUT2D eigenvalue weighted by Crippen LogP contribution is -2.00. The van der Waals surface area contributed by atoms with Crippen LogP contribution in [0, 0.1) is 0 Å². The van der Waals surface area contributed by atoms with Crippen molar-refractivity contribution < 1.29 is 19.1 Å². The number of hydrogen-bond donors (Lipinski definition) is 1. The summed E-state index contributed by atoms with van der Waals surface area (Å²) in [5, 5.41) is 13.4. The highest BCUT2D eigenvalue weighted by Gasteiger charge is 2.15. The molecule has 1 heterocycles. The van der Waals surface area contributed by atoms with Gasteiger partial charge in [-0.05, 0) is 17.7 Å². The minimum absolute atomic E-state index is 0.0915. The first kappa shape index (κ1) is 15.6. The van der Waals surface area contributed by atoms with Crippen LogP contribution in [0.3, 0.4) is 0 Å². The Morgan fingerprint density at radius 1 is 1.38 bits per heavy atom. The van der Waals surface area contributed by atoms with Crippen molar-refractivity contribution in [1.29, 1.82) is 0 Å². The summed E-state index contributed by atoms with van der Waals surface area (Å²) in [4.78, 5) is 4.22. The standard InChI is InChI=1S/C14H17ClN2O4/c1-8(2)14-16-12(21-17-14)7-20-13-10(15)4-9(6-18)5-11(13)19-3/h4-5,8,18H,6-7H2,1-3H3.